The Labute approximate surface area is 110 Å². The van der Waals surface area contributed by atoms with Crippen molar-refractivity contribution in [2.45, 2.75) is 30.6 Å². The number of hydrogen-bond acceptors (Lipinski definition) is 2. The summed E-state index contributed by atoms with van der Waals surface area (Å²) in [4.78, 5) is 11.9. The van der Waals surface area contributed by atoms with Gasteiger partial charge in [-0.2, -0.15) is 0 Å². The van der Waals surface area contributed by atoms with Gasteiger partial charge in [-0.25, -0.2) is 4.79 Å². The van der Waals surface area contributed by atoms with Gasteiger partial charge in [0.25, 0.3) is 0 Å². The van der Waals surface area contributed by atoms with Crippen molar-refractivity contribution >= 4 is 29.3 Å². The topological polar surface area (TPSA) is 37.3 Å². The summed E-state index contributed by atoms with van der Waals surface area (Å²) >= 11 is 7.55. The molecule has 1 aromatic carbocycles. The molecular formula is C13H15ClO2S. The monoisotopic (exact) mass is 270 g/mol. The molecule has 0 unspecified atom stereocenters. The van der Waals surface area contributed by atoms with Crippen molar-refractivity contribution in [3.05, 3.63) is 28.8 Å². The van der Waals surface area contributed by atoms with Gasteiger partial charge in [-0.1, -0.05) is 30.5 Å². The summed E-state index contributed by atoms with van der Waals surface area (Å²) in [6, 6.07) is 5.28. The minimum Gasteiger partial charge on any atom is -0.478 e. The Morgan fingerprint density at radius 1 is 1.41 bits per heavy atom. The van der Waals surface area contributed by atoms with Crippen LogP contribution in [0.25, 0.3) is 0 Å². The molecule has 0 bridgehead atoms. The van der Waals surface area contributed by atoms with Gasteiger partial charge in [-0.3, -0.25) is 0 Å². The van der Waals surface area contributed by atoms with Crippen molar-refractivity contribution < 1.29 is 9.90 Å². The van der Waals surface area contributed by atoms with Gasteiger partial charge in [0.1, 0.15) is 0 Å². The van der Waals surface area contributed by atoms with E-state index in [1.165, 1.54) is 25.7 Å². The molecule has 0 radical (unpaired) electrons. The van der Waals surface area contributed by atoms with Gasteiger partial charge in [-0.15, -0.1) is 11.8 Å². The zero-order valence-corrected chi connectivity index (χ0v) is 11.1. The van der Waals surface area contributed by atoms with Crippen LogP contribution < -0.4 is 0 Å². The van der Waals surface area contributed by atoms with E-state index in [1.54, 1.807) is 17.8 Å². The second-order valence-electron chi connectivity index (χ2n) is 4.38. The number of halogens is 1. The standard InChI is InChI=1S/C13H15ClO2S/c14-10-6-3-7-11(12(10)13(15)16)17-8-9-4-1-2-5-9/h3,6-7,9H,1-2,4-5,8H2,(H,15,16). The summed E-state index contributed by atoms with van der Waals surface area (Å²) in [6.45, 7) is 0. The van der Waals surface area contributed by atoms with Crippen LogP contribution in [0.4, 0.5) is 0 Å². The minimum atomic E-state index is -0.940. The van der Waals surface area contributed by atoms with Gasteiger partial charge in [0, 0.05) is 10.6 Å². The van der Waals surface area contributed by atoms with Crippen LogP contribution in [0.1, 0.15) is 36.0 Å². The fourth-order valence-electron chi connectivity index (χ4n) is 2.22. The van der Waals surface area contributed by atoms with E-state index in [0.29, 0.717) is 5.02 Å². The van der Waals surface area contributed by atoms with Crippen LogP contribution >= 0.6 is 23.4 Å². The van der Waals surface area contributed by atoms with Crippen molar-refractivity contribution in [3.8, 4) is 0 Å². The number of thioether (sulfide) groups is 1. The maximum atomic E-state index is 11.1. The number of benzene rings is 1. The van der Waals surface area contributed by atoms with E-state index in [2.05, 4.69) is 0 Å². The number of hydrogen-bond donors (Lipinski definition) is 1. The predicted molar refractivity (Wildman–Crippen MR) is 71.1 cm³/mol. The fourth-order valence-corrected chi connectivity index (χ4v) is 3.79. The highest BCUT2D eigenvalue weighted by Gasteiger charge is 2.18. The molecule has 17 heavy (non-hydrogen) atoms. The average Bonchev–Trinajstić information content (AvgIpc) is 2.78. The number of carboxylic acid groups (broad SMARTS) is 1. The Morgan fingerprint density at radius 3 is 2.76 bits per heavy atom. The summed E-state index contributed by atoms with van der Waals surface area (Å²) in [5.41, 5.74) is 0.247. The molecule has 92 valence electrons. The van der Waals surface area contributed by atoms with Crippen molar-refractivity contribution in [2.24, 2.45) is 5.92 Å². The first-order valence-corrected chi connectivity index (χ1v) is 7.19. The third kappa shape index (κ3) is 3.17. The quantitative estimate of drug-likeness (QED) is 0.828. The lowest BCUT2D eigenvalue weighted by molar-refractivity contribution is 0.0693. The molecule has 1 N–H and O–H groups in total. The summed E-state index contributed by atoms with van der Waals surface area (Å²) in [7, 11) is 0. The van der Waals surface area contributed by atoms with Crippen LogP contribution in [-0.2, 0) is 0 Å². The van der Waals surface area contributed by atoms with E-state index in [1.807, 2.05) is 12.1 Å². The molecule has 1 aliphatic rings. The van der Waals surface area contributed by atoms with Crippen LogP contribution in [0.3, 0.4) is 0 Å². The third-order valence-corrected chi connectivity index (χ3v) is 4.74. The predicted octanol–water partition coefficient (Wildman–Crippen LogP) is 4.32. The summed E-state index contributed by atoms with van der Waals surface area (Å²) in [5.74, 6) is 0.797. The normalized spacial score (nSPS) is 16.3. The first kappa shape index (κ1) is 12.8. The maximum absolute atomic E-state index is 11.1. The van der Waals surface area contributed by atoms with Gasteiger partial charge >= 0.3 is 5.97 Å². The lowest BCUT2D eigenvalue weighted by Crippen LogP contribution is -2.02. The Morgan fingerprint density at radius 2 is 2.12 bits per heavy atom. The molecule has 1 fully saturated rings. The van der Waals surface area contributed by atoms with Crippen LogP contribution in [0, 0.1) is 5.92 Å². The van der Waals surface area contributed by atoms with Crippen LogP contribution in [-0.4, -0.2) is 16.8 Å². The molecular weight excluding hydrogens is 256 g/mol. The van der Waals surface area contributed by atoms with Crippen molar-refractivity contribution in [1.82, 2.24) is 0 Å². The summed E-state index contributed by atoms with van der Waals surface area (Å²) < 4.78 is 0. The van der Waals surface area contributed by atoms with Crippen LogP contribution in [0.2, 0.25) is 5.02 Å². The number of carboxylic acids is 1. The largest absolute Gasteiger partial charge is 0.478 e. The van der Waals surface area contributed by atoms with E-state index < -0.39 is 5.97 Å². The van der Waals surface area contributed by atoms with E-state index in [4.69, 9.17) is 16.7 Å². The fraction of sp³-hybridized carbons (Fsp3) is 0.462. The first-order valence-electron chi connectivity index (χ1n) is 5.83. The van der Waals surface area contributed by atoms with Crippen molar-refractivity contribution in [1.29, 1.82) is 0 Å². The first-order chi connectivity index (χ1) is 8.18. The lowest BCUT2D eigenvalue weighted by Gasteiger charge is -2.10. The molecule has 0 amide bonds. The van der Waals surface area contributed by atoms with Crippen molar-refractivity contribution in [2.75, 3.05) is 5.75 Å². The highest BCUT2D eigenvalue weighted by molar-refractivity contribution is 7.99. The zero-order valence-electron chi connectivity index (χ0n) is 9.49. The molecule has 0 heterocycles. The third-order valence-electron chi connectivity index (χ3n) is 3.14. The van der Waals surface area contributed by atoms with Gasteiger partial charge in [-0.05, 0) is 30.9 Å². The van der Waals surface area contributed by atoms with E-state index in [-0.39, 0.29) is 5.56 Å². The van der Waals surface area contributed by atoms with Gasteiger partial charge in [0.05, 0.1) is 10.6 Å². The second-order valence-corrected chi connectivity index (χ2v) is 5.85. The Balaban J connectivity index is 2.09. The summed E-state index contributed by atoms with van der Waals surface area (Å²) in [6.07, 6.45) is 5.17. The van der Waals surface area contributed by atoms with Gasteiger partial charge in [0.15, 0.2) is 0 Å². The van der Waals surface area contributed by atoms with Gasteiger partial charge < -0.3 is 5.11 Å². The Bertz CT molecular complexity index is 414. The molecule has 0 saturated heterocycles. The molecule has 0 aromatic heterocycles. The molecule has 1 aliphatic carbocycles. The van der Waals surface area contributed by atoms with Crippen LogP contribution in [0.5, 0.6) is 0 Å². The van der Waals surface area contributed by atoms with E-state index >= 15 is 0 Å². The number of rotatable bonds is 4. The SMILES string of the molecule is O=C(O)c1c(Cl)cccc1SCC1CCCC1. The zero-order chi connectivity index (χ0) is 12.3. The van der Waals surface area contributed by atoms with Gasteiger partial charge in [0.2, 0.25) is 0 Å². The highest BCUT2D eigenvalue weighted by Crippen LogP contribution is 2.34. The van der Waals surface area contributed by atoms with E-state index in [9.17, 15) is 4.79 Å². The molecule has 1 aromatic rings. The molecule has 4 heteroatoms. The Hall–Kier alpha value is -0.670. The highest BCUT2D eigenvalue weighted by atomic mass is 35.5. The number of carbonyl (C=O) groups is 1. The second kappa shape index (κ2) is 5.78. The van der Waals surface area contributed by atoms with E-state index in [0.717, 1.165) is 16.6 Å². The van der Waals surface area contributed by atoms with Crippen molar-refractivity contribution in [3.63, 3.8) is 0 Å². The number of aromatic carboxylic acids is 1. The lowest BCUT2D eigenvalue weighted by atomic mass is 10.1. The average molecular weight is 271 g/mol. The maximum Gasteiger partial charge on any atom is 0.338 e. The minimum absolute atomic E-state index is 0.247. The molecule has 2 nitrogen and oxygen atoms in total. The molecule has 0 atom stereocenters. The Kier molecular flexibility index (Phi) is 4.35. The summed E-state index contributed by atoms with van der Waals surface area (Å²) in [5, 5.41) is 9.47. The molecule has 2 rings (SSSR count). The van der Waals surface area contributed by atoms with Crippen LogP contribution in [0.15, 0.2) is 23.1 Å². The smallest absolute Gasteiger partial charge is 0.338 e. The molecule has 0 aliphatic heterocycles. The molecule has 1 saturated carbocycles. The molecule has 0 spiro atoms.